The van der Waals surface area contributed by atoms with Crippen LogP contribution in [0.15, 0.2) is 34.7 Å². The summed E-state index contributed by atoms with van der Waals surface area (Å²) in [4.78, 5) is 44.1. The zero-order valence-electron chi connectivity index (χ0n) is 17.2. The van der Waals surface area contributed by atoms with E-state index >= 15 is 0 Å². The number of carbonyl (C=O) groups is 3. The van der Waals surface area contributed by atoms with Crippen molar-refractivity contribution in [3.8, 4) is 5.75 Å². The third kappa shape index (κ3) is 2.84. The first-order valence-electron chi connectivity index (χ1n) is 9.79. The molecule has 2 aliphatic rings. The van der Waals surface area contributed by atoms with Crippen LogP contribution in [0, 0.1) is 13.8 Å². The van der Waals surface area contributed by atoms with Crippen molar-refractivity contribution < 1.29 is 23.5 Å². The van der Waals surface area contributed by atoms with E-state index in [1.807, 2.05) is 26.0 Å². The molecule has 2 aliphatic heterocycles. The average Bonchev–Trinajstić information content (AvgIpc) is 3.37. The molecule has 9 nitrogen and oxygen atoms in total. The van der Waals surface area contributed by atoms with Gasteiger partial charge in [-0.15, -0.1) is 0 Å². The summed E-state index contributed by atoms with van der Waals surface area (Å²) in [6, 6.07) is 8.12. The van der Waals surface area contributed by atoms with Crippen LogP contribution in [-0.4, -0.2) is 41.4 Å². The predicted molar refractivity (Wildman–Crippen MR) is 110 cm³/mol. The van der Waals surface area contributed by atoms with Gasteiger partial charge in [-0.2, -0.15) is 0 Å². The number of nitrogens with zero attached hydrogens (tertiary/aromatic N) is 2. The van der Waals surface area contributed by atoms with Crippen LogP contribution in [0.4, 0.5) is 4.79 Å². The number of carbonyl (C=O) groups excluding carboxylic acids is 3. The lowest BCUT2D eigenvalue weighted by Gasteiger charge is -2.28. The molecular weight excluding hydrogens is 400 g/mol. The summed E-state index contributed by atoms with van der Waals surface area (Å²) in [6.07, 6.45) is 0. The third-order valence-electron chi connectivity index (χ3n) is 5.93. The van der Waals surface area contributed by atoms with E-state index in [1.54, 1.807) is 18.2 Å². The summed E-state index contributed by atoms with van der Waals surface area (Å²) in [7, 11) is 1.53. The Balaban J connectivity index is 1.56. The Hall–Kier alpha value is -3.88. The summed E-state index contributed by atoms with van der Waals surface area (Å²) in [5.74, 6) is -0.0242. The van der Waals surface area contributed by atoms with Crippen molar-refractivity contribution >= 4 is 28.9 Å². The van der Waals surface area contributed by atoms with Crippen molar-refractivity contribution in [3.05, 3.63) is 58.5 Å². The molecule has 1 fully saturated rings. The summed E-state index contributed by atoms with van der Waals surface area (Å²) in [6.45, 7) is 4.02. The van der Waals surface area contributed by atoms with E-state index in [0.29, 0.717) is 29.0 Å². The normalized spacial score (nSPS) is 20.2. The highest BCUT2D eigenvalue weighted by Crippen LogP contribution is 2.35. The number of aryl methyl sites for hydroxylation is 2. The van der Waals surface area contributed by atoms with Gasteiger partial charge in [-0.1, -0.05) is 6.07 Å². The Bertz CT molecular complexity index is 1240. The predicted octanol–water partition coefficient (Wildman–Crippen LogP) is 2.14. The first kappa shape index (κ1) is 19.1. The molecule has 2 N–H and O–H groups in total. The molecule has 1 saturated heterocycles. The molecule has 0 saturated carbocycles. The Labute approximate surface area is 177 Å². The minimum absolute atomic E-state index is 0.0851. The number of rotatable bonds is 4. The first-order valence-corrected chi connectivity index (χ1v) is 9.79. The number of benzene rings is 1. The minimum Gasteiger partial charge on any atom is -0.497 e. The Morgan fingerprint density at radius 3 is 2.71 bits per heavy atom. The van der Waals surface area contributed by atoms with E-state index in [-0.39, 0.29) is 18.2 Å². The Morgan fingerprint density at radius 2 is 2.00 bits per heavy atom. The van der Waals surface area contributed by atoms with Crippen LogP contribution in [0.25, 0.3) is 11.1 Å². The molecule has 1 aromatic carbocycles. The molecule has 1 atom stereocenters. The average molecular weight is 420 g/mol. The van der Waals surface area contributed by atoms with Crippen molar-refractivity contribution in [1.29, 1.82) is 0 Å². The van der Waals surface area contributed by atoms with E-state index in [0.717, 1.165) is 16.8 Å². The zero-order valence-corrected chi connectivity index (χ0v) is 17.2. The van der Waals surface area contributed by atoms with Crippen molar-refractivity contribution in [2.24, 2.45) is 0 Å². The Morgan fingerprint density at radius 1 is 1.19 bits per heavy atom. The topological polar surface area (TPSA) is 114 Å². The van der Waals surface area contributed by atoms with Gasteiger partial charge < -0.3 is 19.4 Å². The van der Waals surface area contributed by atoms with Crippen molar-refractivity contribution in [1.82, 2.24) is 20.5 Å². The lowest BCUT2D eigenvalue weighted by molar-refractivity contribution is -0.125. The second-order valence-electron chi connectivity index (χ2n) is 7.88. The molecule has 0 radical (unpaired) electrons. The van der Waals surface area contributed by atoms with E-state index in [4.69, 9.17) is 9.15 Å². The maximum absolute atomic E-state index is 13.1. The summed E-state index contributed by atoms with van der Waals surface area (Å²) >= 11 is 0. The molecule has 0 aliphatic carbocycles. The number of amides is 4. The van der Waals surface area contributed by atoms with Crippen molar-refractivity contribution in [3.63, 3.8) is 0 Å². The second kappa shape index (κ2) is 6.56. The molecule has 9 heteroatoms. The van der Waals surface area contributed by atoms with Crippen LogP contribution in [0.1, 0.15) is 32.9 Å². The second-order valence-corrected chi connectivity index (χ2v) is 7.88. The van der Waals surface area contributed by atoms with Crippen LogP contribution >= 0.6 is 0 Å². The molecule has 4 amide bonds. The number of pyridine rings is 1. The number of aromatic nitrogens is 1. The van der Waals surface area contributed by atoms with Gasteiger partial charge in [-0.05, 0) is 43.2 Å². The number of methoxy groups -OCH3 is 1. The van der Waals surface area contributed by atoms with Crippen LogP contribution in [0.2, 0.25) is 0 Å². The number of furan rings is 1. The van der Waals surface area contributed by atoms with Gasteiger partial charge in [-0.3, -0.25) is 14.9 Å². The van der Waals surface area contributed by atoms with Crippen LogP contribution in [0.5, 0.6) is 5.75 Å². The summed E-state index contributed by atoms with van der Waals surface area (Å²) < 4.78 is 11.2. The smallest absolute Gasteiger partial charge is 0.322 e. The fourth-order valence-electron chi connectivity index (χ4n) is 4.10. The maximum Gasteiger partial charge on any atom is 0.322 e. The van der Waals surface area contributed by atoms with E-state index in [9.17, 15) is 14.4 Å². The van der Waals surface area contributed by atoms with Gasteiger partial charge in [0.05, 0.1) is 13.7 Å². The molecule has 0 spiro atoms. The van der Waals surface area contributed by atoms with Crippen LogP contribution in [-0.2, 0) is 16.9 Å². The lowest BCUT2D eigenvalue weighted by Crippen LogP contribution is -2.52. The van der Waals surface area contributed by atoms with Crippen molar-refractivity contribution in [2.75, 3.05) is 13.7 Å². The largest absolute Gasteiger partial charge is 0.497 e. The lowest BCUT2D eigenvalue weighted by atomic mass is 9.95. The highest BCUT2D eigenvalue weighted by Gasteiger charge is 2.53. The standard InChI is InChI=1S/C22H20N4O5/c1-11-6-17-16(23-12(11)2)8-18(31-17)22(20(28)24-21(29)25-22)10-26-9-13-4-5-14(30-3)7-15(13)19(26)27/h4-8H,9-10H2,1-3H3,(H2,24,25,28,29)/t22-/m0/s1. The number of hydrogen-bond acceptors (Lipinski definition) is 6. The highest BCUT2D eigenvalue weighted by molar-refractivity contribution is 6.08. The maximum atomic E-state index is 13.1. The van der Waals surface area contributed by atoms with Gasteiger partial charge in [0.25, 0.3) is 11.8 Å². The number of urea groups is 1. The van der Waals surface area contributed by atoms with Gasteiger partial charge in [0, 0.05) is 23.9 Å². The minimum atomic E-state index is -1.55. The molecule has 0 bridgehead atoms. The molecule has 5 rings (SSSR count). The third-order valence-corrected chi connectivity index (χ3v) is 5.93. The van der Waals surface area contributed by atoms with Crippen LogP contribution in [0.3, 0.4) is 0 Å². The number of fused-ring (bicyclic) bond motifs is 2. The highest BCUT2D eigenvalue weighted by atomic mass is 16.5. The molecular formula is C22H20N4O5. The van der Waals surface area contributed by atoms with E-state index < -0.39 is 17.5 Å². The van der Waals surface area contributed by atoms with E-state index in [1.165, 1.54) is 12.0 Å². The SMILES string of the molecule is COc1ccc2c(c1)C(=O)N(C[C@@]1(c3cc4nc(C)c(C)cc4o3)NC(=O)NC1=O)C2. The summed E-state index contributed by atoms with van der Waals surface area (Å²) in [5, 5.41) is 4.95. The van der Waals surface area contributed by atoms with Crippen LogP contribution < -0.4 is 15.4 Å². The molecule has 31 heavy (non-hydrogen) atoms. The molecule has 158 valence electrons. The van der Waals surface area contributed by atoms with E-state index in [2.05, 4.69) is 15.6 Å². The number of nitrogens with one attached hydrogen (secondary N) is 2. The molecule has 3 aromatic rings. The summed E-state index contributed by atoms with van der Waals surface area (Å²) in [5.41, 5.74) is 2.65. The fraction of sp³-hybridized carbons (Fsp3) is 0.273. The van der Waals surface area contributed by atoms with Gasteiger partial charge in [0.1, 0.15) is 17.0 Å². The van der Waals surface area contributed by atoms with Gasteiger partial charge in [0.2, 0.25) is 0 Å². The zero-order chi connectivity index (χ0) is 21.9. The van der Waals surface area contributed by atoms with Gasteiger partial charge in [-0.25, -0.2) is 9.78 Å². The number of hydrogen-bond donors (Lipinski definition) is 2. The Kier molecular flexibility index (Phi) is 4.04. The molecule has 0 unspecified atom stereocenters. The monoisotopic (exact) mass is 420 g/mol. The molecule has 2 aromatic heterocycles. The fourth-order valence-corrected chi connectivity index (χ4v) is 4.10. The molecule has 4 heterocycles. The number of ether oxygens (including phenoxy) is 1. The van der Waals surface area contributed by atoms with Gasteiger partial charge in [0.15, 0.2) is 11.1 Å². The van der Waals surface area contributed by atoms with Crippen molar-refractivity contribution in [2.45, 2.75) is 25.9 Å². The first-order chi connectivity index (χ1) is 14.8. The van der Waals surface area contributed by atoms with Gasteiger partial charge >= 0.3 is 6.03 Å². The quantitative estimate of drug-likeness (QED) is 0.625. The number of imide groups is 1.